The van der Waals surface area contributed by atoms with Crippen LogP contribution in [0.15, 0.2) is 41.3 Å². The molecule has 1 aliphatic rings. The van der Waals surface area contributed by atoms with E-state index in [0.717, 1.165) is 28.8 Å². The number of anilines is 1. The molecule has 0 bridgehead atoms. The maximum absolute atomic E-state index is 13.4. The highest BCUT2D eigenvalue weighted by molar-refractivity contribution is 8.27. The standard InChI is InChI=1S/C16H7Cl2F2NOS2/c17-10-3-1-8(5-11(10)18)6-14-15(22)21(16(23)24-14)9-2-4-12(19)13(20)7-9/h1-7H/b14-6+. The maximum atomic E-state index is 13.4. The van der Waals surface area contributed by atoms with E-state index in [1.165, 1.54) is 6.07 Å². The van der Waals surface area contributed by atoms with Gasteiger partial charge in [-0.05, 0) is 35.9 Å². The van der Waals surface area contributed by atoms with E-state index in [1.807, 2.05) is 0 Å². The minimum Gasteiger partial charge on any atom is -0.268 e. The molecule has 2 aromatic carbocycles. The molecule has 1 aliphatic heterocycles. The molecule has 0 aliphatic carbocycles. The van der Waals surface area contributed by atoms with Gasteiger partial charge in [-0.1, -0.05) is 53.2 Å². The van der Waals surface area contributed by atoms with E-state index in [9.17, 15) is 13.6 Å². The molecule has 0 radical (unpaired) electrons. The Bertz CT molecular complexity index is 902. The molecule has 0 atom stereocenters. The van der Waals surface area contributed by atoms with Crippen LogP contribution in [0.3, 0.4) is 0 Å². The summed E-state index contributed by atoms with van der Waals surface area (Å²) in [6.07, 6.45) is 1.61. The Balaban J connectivity index is 1.94. The van der Waals surface area contributed by atoms with Gasteiger partial charge >= 0.3 is 0 Å². The van der Waals surface area contributed by atoms with Gasteiger partial charge in [-0.3, -0.25) is 9.69 Å². The molecule has 0 saturated carbocycles. The van der Waals surface area contributed by atoms with Gasteiger partial charge in [-0.25, -0.2) is 8.78 Å². The van der Waals surface area contributed by atoms with E-state index in [4.69, 9.17) is 35.4 Å². The number of benzene rings is 2. The van der Waals surface area contributed by atoms with Crippen LogP contribution in [0, 0.1) is 11.6 Å². The van der Waals surface area contributed by atoms with Crippen LogP contribution in [-0.2, 0) is 4.79 Å². The van der Waals surface area contributed by atoms with Crippen molar-refractivity contribution in [3.05, 3.63) is 68.5 Å². The number of rotatable bonds is 2. The summed E-state index contributed by atoms with van der Waals surface area (Å²) in [6.45, 7) is 0. The van der Waals surface area contributed by atoms with Crippen LogP contribution in [0.2, 0.25) is 10.0 Å². The molecule has 1 fully saturated rings. The van der Waals surface area contributed by atoms with Crippen molar-refractivity contribution >= 4 is 69.2 Å². The molecule has 2 aromatic rings. The Kier molecular flexibility index (Phi) is 4.92. The van der Waals surface area contributed by atoms with Crippen LogP contribution in [0.5, 0.6) is 0 Å². The fourth-order valence-electron chi connectivity index (χ4n) is 2.07. The molecule has 122 valence electrons. The number of nitrogens with zero attached hydrogens (tertiary/aromatic N) is 1. The minimum absolute atomic E-state index is 0.175. The third-order valence-corrected chi connectivity index (χ3v) is 5.24. The maximum Gasteiger partial charge on any atom is 0.270 e. The summed E-state index contributed by atoms with van der Waals surface area (Å²) < 4.78 is 26.7. The van der Waals surface area contributed by atoms with Crippen LogP contribution < -0.4 is 4.90 Å². The van der Waals surface area contributed by atoms with E-state index >= 15 is 0 Å². The summed E-state index contributed by atoms with van der Waals surface area (Å²) in [5.74, 6) is -2.45. The van der Waals surface area contributed by atoms with E-state index < -0.39 is 17.5 Å². The molecule has 2 nitrogen and oxygen atoms in total. The molecule has 0 N–H and O–H groups in total. The Morgan fingerprint density at radius 2 is 1.79 bits per heavy atom. The van der Waals surface area contributed by atoms with Gasteiger partial charge in [-0.2, -0.15) is 0 Å². The van der Waals surface area contributed by atoms with Crippen LogP contribution in [-0.4, -0.2) is 10.2 Å². The largest absolute Gasteiger partial charge is 0.270 e. The first-order valence-corrected chi connectivity index (χ1v) is 8.53. The van der Waals surface area contributed by atoms with Gasteiger partial charge in [0.2, 0.25) is 0 Å². The quantitative estimate of drug-likeness (QED) is 0.476. The van der Waals surface area contributed by atoms with E-state index in [2.05, 4.69) is 0 Å². The van der Waals surface area contributed by atoms with Gasteiger partial charge < -0.3 is 0 Å². The van der Waals surface area contributed by atoms with E-state index in [1.54, 1.807) is 24.3 Å². The number of halogens is 4. The second-order valence-corrected chi connectivity index (χ2v) is 7.28. The molecule has 1 amide bonds. The Morgan fingerprint density at radius 3 is 2.46 bits per heavy atom. The van der Waals surface area contributed by atoms with Crippen molar-refractivity contribution in [1.29, 1.82) is 0 Å². The van der Waals surface area contributed by atoms with Crippen LogP contribution in [0.25, 0.3) is 6.08 Å². The molecule has 0 unspecified atom stereocenters. The lowest BCUT2D eigenvalue weighted by Gasteiger charge is -2.14. The second kappa shape index (κ2) is 6.80. The number of thiocarbonyl (C=S) groups is 1. The lowest BCUT2D eigenvalue weighted by molar-refractivity contribution is -0.113. The monoisotopic (exact) mass is 401 g/mol. The van der Waals surface area contributed by atoms with Gasteiger partial charge in [0, 0.05) is 6.07 Å². The van der Waals surface area contributed by atoms with Crippen molar-refractivity contribution in [2.45, 2.75) is 0 Å². The highest BCUT2D eigenvalue weighted by Gasteiger charge is 2.33. The molecular formula is C16H7Cl2F2NOS2. The first kappa shape index (κ1) is 17.4. The zero-order valence-electron chi connectivity index (χ0n) is 11.7. The van der Waals surface area contributed by atoms with Crippen LogP contribution in [0.4, 0.5) is 14.5 Å². The van der Waals surface area contributed by atoms with Gasteiger partial charge in [0.1, 0.15) is 0 Å². The van der Waals surface area contributed by atoms with E-state index in [-0.39, 0.29) is 10.0 Å². The Labute approximate surface area is 156 Å². The van der Waals surface area contributed by atoms with Gasteiger partial charge in [0.15, 0.2) is 16.0 Å². The number of carbonyl (C=O) groups excluding carboxylic acids is 1. The Hall–Kier alpha value is -1.47. The molecule has 3 rings (SSSR count). The lowest BCUT2D eigenvalue weighted by Crippen LogP contribution is -2.27. The average Bonchev–Trinajstić information content (AvgIpc) is 2.80. The Morgan fingerprint density at radius 1 is 1.04 bits per heavy atom. The summed E-state index contributed by atoms with van der Waals surface area (Å²) in [5, 5.41) is 0.768. The number of carbonyl (C=O) groups is 1. The number of hydrogen-bond acceptors (Lipinski definition) is 3. The van der Waals surface area contributed by atoms with Crippen LogP contribution in [0.1, 0.15) is 5.56 Å². The summed E-state index contributed by atoms with van der Waals surface area (Å²) in [7, 11) is 0. The molecular weight excluding hydrogens is 395 g/mol. The highest BCUT2D eigenvalue weighted by atomic mass is 35.5. The molecule has 1 heterocycles. The van der Waals surface area contributed by atoms with Crippen LogP contribution >= 0.6 is 47.2 Å². The molecule has 24 heavy (non-hydrogen) atoms. The average molecular weight is 402 g/mol. The topological polar surface area (TPSA) is 20.3 Å². The van der Waals surface area contributed by atoms with Crippen molar-refractivity contribution in [3.8, 4) is 0 Å². The smallest absolute Gasteiger partial charge is 0.268 e. The highest BCUT2D eigenvalue weighted by Crippen LogP contribution is 2.37. The van der Waals surface area contributed by atoms with Crippen molar-refractivity contribution < 1.29 is 13.6 Å². The fraction of sp³-hybridized carbons (Fsp3) is 0. The van der Waals surface area contributed by atoms with Crippen molar-refractivity contribution in [3.63, 3.8) is 0 Å². The van der Waals surface area contributed by atoms with Crippen molar-refractivity contribution in [2.75, 3.05) is 4.90 Å². The molecule has 0 aromatic heterocycles. The summed E-state index contributed by atoms with van der Waals surface area (Å²) >= 11 is 18.1. The third kappa shape index (κ3) is 3.32. The SMILES string of the molecule is O=C1/C(=C\c2ccc(Cl)c(Cl)c2)SC(=S)N1c1ccc(F)c(F)c1. The first-order chi connectivity index (χ1) is 11.4. The zero-order valence-corrected chi connectivity index (χ0v) is 14.9. The fourth-order valence-corrected chi connectivity index (χ4v) is 3.67. The third-order valence-electron chi connectivity index (χ3n) is 3.20. The zero-order chi connectivity index (χ0) is 17.4. The molecule has 0 spiro atoms. The summed E-state index contributed by atoms with van der Waals surface area (Å²) in [6, 6.07) is 8.12. The second-order valence-electron chi connectivity index (χ2n) is 4.79. The summed E-state index contributed by atoms with van der Waals surface area (Å²) in [4.78, 5) is 14.1. The number of amides is 1. The summed E-state index contributed by atoms with van der Waals surface area (Å²) in [5.41, 5.74) is 0.851. The van der Waals surface area contributed by atoms with Crippen molar-refractivity contribution in [2.24, 2.45) is 0 Å². The number of thioether (sulfide) groups is 1. The number of hydrogen-bond donors (Lipinski definition) is 0. The predicted molar refractivity (Wildman–Crippen MR) is 98.5 cm³/mol. The molecule has 8 heteroatoms. The first-order valence-electron chi connectivity index (χ1n) is 6.55. The van der Waals surface area contributed by atoms with Crippen molar-refractivity contribution in [1.82, 2.24) is 0 Å². The lowest BCUT2D eigenvalue weighted by atomic mass is 10.2. The van der Waals surface area contributed by atoms with Gasteiger partial charge in [-0.15, -0.1) is 0 Å². The van der Waals surface area contributed by atoms with E-state index in [0.29, 0.717) is 20.5 Å². The normalized spacial score (nSPS) is 16.3. The predicted octanol–water partition coefficient (Wildman–Crippen LogP) is 5.68. The van der Waals surface area contributed by atoms with Gasteiger partial charge in [0.05, 0.1) is 20.6 Å². The molecule has 1 saturated heterocycles. The minimum atomic E-state index is -1.05. The van der Waals surface area contributed by atoms with Gasteiger partial charge in [0.25, 0.3) is 5.91 Å².